The molecule has 0 aliphatic rings. The largest absolute Gasteiger partial charge is 0.330 e. The lowest BCUT2D eigenvalue weighted by atomic mass is 10.2. The minimum atomic E-state index is -0.253. The monoisotopic (exact) mass is 226 g/mol. The molecule has 2 nitrogen and oxygen atoms in total. The van der Waals surface area contributed by atoms with Crippen LogP contribution >= 0.6 is 11.6 Å². The van der Waals surface area contributed by atoms with E-state index in [1.807, 2.05) is 11.5 Å². The molecule has 2 N–H and O–H groups in total. The topological polar surface area (TPSA) is 30.9 Å². The van der Waals surface area contributed by atoms with Crippen molar-refractivity contribution in [2.24, 2.45) is 5.73 Å². The third kappa shape index (κ3) is 1.98. The Morgan fingerprint density at radius 1 is 1.47 bits per heavy atom. The predicted molar refractivity (Wildman–Crippen MR) is 60.6 cm³/mol. The van der Waals surface area contributed by atoms with Crippen LogP contribution in [-0.2, 0) is 6.54 Å². The van der Waals surface area contributed by atoms with Gasteiger partial charge in [0.15, 0.2) is 0 Å². The van der Waals surface area contributed by atoms with E-state index in [9.17, 15) is 4.39 Å². The quantitative estimate of drug-likeness (QED) is 0.839. The van der Waals surface area contributed by atoms with Crippen molar-refractivity contribution in [3.8, 4) is 0 Å². The Morgan fingerprint density at radius 2 is 2.20 bits per heavy atom. The summed E-state index contributed by atoms with van der Waals surface area (Å²) in [5.41, 5.74) is 6.64. The van der Waals surface area contributed by atoms with Gasteiger partial charge in [0.1, 0.15) is 11.0 Å². The van der Waals surface area contributed by atoms with Gasteiger partial charge in [-0.25, -0.2) is 4.39 Å². The molecule has 0 radical (unpaired) electrons. The molecule has 0 saturated carbocycles. The number of fused-ring (bicyclic) bond motifs is 1. The van der Waals surface area contributed by atoms with Gasteiger partial charge in [0.05, 0.1) is 0 Å². The van der Waals surface area contributed by atoms with Gasteiger partial charge in [-0.2, -0.15) is 0 Å². The molecular formula is C11H12ClFN2. The molecule has 0 amide bonds. The van der Waals surface area contributed by atoms with Gasteiger partial charge in [-0.3, -0.25) is 0 Å². The number of rotatable bonds is 2. The maximum absolute atomic E-state index is 13.0. The van der Waals surface area contributed by atoms with Crippen molar-refractivity contribution in [3.63, 3.8) is 0 Å². The summed E-state index contributed by atoms with van der Waals surface area (Å²) in [5.74, 6) is -0.253. The first-order chi connectivity index (χ1) is 7.08. The molecule has 2 rings (SSSR count). The lowest BCUT2D eigenvalue weighted by molar-refractivity contribution is 0.605. The molecule has 15 heavy (non-hydrogen) atoms. The van der Waals surface area contributed by atoms with Crippen LogP contribution in [-0.4, -0.2) is 10.6 Å². The van der Waals surface area contributed by atoms with Crippen molar-refractivity contribution in [2.45, 2.75) is 19.5 Å². The zero-order chi connectivity index (χ0) is 11.0. The highest BCUT2D eigenvalue weighted by Gasteiger charge is 2.08. The molecule has 0 aliphatic heterocycles. The second-order valence-electron chi connectivity index (χ2n) is 3.76. The van der Waals surface area contributed by atoms with Crippen LogP contribution < -0.4 is 5.73 Å². The van der Waals surface area contributed by atoms with Crippen molar-refractivity contribution in [1.29, 1.82) is 0 Å². The van der Waals surface area contributed by atoms with Crippen LogP contribution in [0.2, 0.25) is 5.15 Å². The molecule has 0 saturated heterocycles. The lowest BCUT2D eigenvalue weighted by Crippen LogP contribution is -2.21. The highest BCUT2D eigenvalue weighted by atomic mass is 35.5. The molecule has 4 heteroatoms. The second kappa shape index (κ2) is 3.83. The fraction of sp³-hybridized carbons (Fsp3) is 0.273. The minimum Gasteiger partial charge on any atom is -0.330 e. The Balaban J connectivity index is 2.58. The van der Waals surface area contributed by atoms with Crippen molar-refractivity contribution in [3.05, 3.63) is 35.2 Å². The lowest BCUT2D eigenvalue weighted by Gasteiger charge is -2.09. The molecule has 2 aromatic rings. The molecule has 0 unspecified atom stereocenters. The first kappa shape index (κ1) is 10.5. The predicted octanol–water partition coefficient (Wildman–Crippen LogP) is 2.78. The van der Waals surface area contributed by atoms with E-state index in [-0.39, 0.29) is 11.9 Å². The standard InChI is InChI=1S/C11H12ClFN2/c1-7(14)6-15-10-3-2-9(13)4-8(10)5-11(15)12/h2-5,7H,6,14H2,1H3/t7-/m0/s1. The van der Waals surface area contributed by atoms with E-state index in [0.29, 0.717) is 11.7 Å². The third-order valence-corrected chi connectivity index (χ3v) is 2.60. The summed E-state index contributed by atoms with van der Waals surface area (Å²) >= 11 is 6.05. The van der Waals surface area contributed by atoms with Gasteiger partial charge in [0, 0.05) is 23.5 Å². The molecule has 0 spiro atoms. The molecule has 1 aromatic heterocycles. The first-order valence-electron chi connectivity index (χ1n) is 4.78. The van der Waals surface area contributed by atoms with Gasteiger partial charge < -0.3 is 10.3 Å². The van der Waals surface area contributed by atoms with Crippen LogP contribution in [0.1, 0.15) is 6.92 Å². The molecule has 80 valence electrons. The Labute approximate surface area is 92.4 Å². The number of aromatic nitrogens is 1. The van der Waals surface area contributed by atoms with Gasteiger partial charge in [-0.05, 0) is 31.2 Å². The molecule has 1 heterocycles. The number of halogens is 2. The summed E-state index contributed by atoms with van der Waals surface area (Å²) in [5, 5.41) is 1.40. The van der Waals surface area contributed by atoms with Crippen molar-refractivity contribution in [1.82, 2.24) is 4.57 Å². The molecule has 0 fully saturated rings. The van der Waals surface area contributed by atoms with Gasteiger partial charge in [0.2, 0.25) is 0 Å². The Kier molecular flexibility index (Phi) is 2.67. The molecule has 0 bridgehead atoms. The van der Waals surface area contributed by atoms with Crippen LogP contribution in [0, 0.1) is 5.82 Å². The summed E-state index contributed by atoms with van der Waals surface area (Å²) in [6.07, 6.45) is 0. The maximum atomic E-state index is 13.0. The van der Waals surface area contributed by atoms with Gasteiger partial charge >= 0.3 is 0 Å². The van der Waals surface area contributed by atoms with Crippen LogP contribution in [0.5, 0.6) is 0 Å². The zero-order valence-electron chi connectivity index (χ0n) is 8.37. The SMILES string of the molecule is C[C@H](N)Cn1c(Cl)cc2cc(F)ccc21. The number of hydrogen-bond donors (Lipinski definition) is 1. The summed E-state index contributed by atoms with van der Waals surface area (Å²) in [6, 6.07) is 6.39. The van der Waals surface area contributed by atoms with E-state index >= 15 is 0 Å². The number of hydrogen-bond acceptors (Lipinski definition) is 1. The summed E-state index contributed by atoms with van der Waals surface area (Å²) in [4.78, 5) is 0. The van der Waals surface area contributed by atoms with E-state index in [1.54, 1.807) is 12.1 Å². The molecule has 1 atom stereocenters. The van der Waals surface area contributed by atoms with E-state index in [4.69, 9.17) is 17.3 Å². The fourth-order valence-corrected chi connectivity index (χ4v) is 1.96. The van der Waals surface area contributed by atoms with E-state index < -0.39 is 0 Å². The van der Waals surface area contributed by atoms with E-state index in [2.05, 4.69) is 0 Å². The second-order valence-corrected chi connectivity index (χ2v) is 4.15. The van der Waals surface area contributed by atoms with E-state index in [0.717, 1.165) is 10.9 Å². The Morgan fingerprint density at radius 3 is 2.87 bits per heavy atom. The number of nitrogens with two attached hydrogens (primary N) is 1. The average molecular weight is 227 g/mol. The average Bonchev–Trinajstić information content (AvgIpc) is 2.41. The zero-order valence-corrected chi connectivity index (χ0v) is 9.13. The van der Waals surface area contributed by atoms with Crippen LogP contribution in [0.3, 0.4) is 0 Å². The Hall–Kier alpha value is -1.06. The molecule has 1 aromatic carbocycles. The number of nitrogens with zero attached hydrogens (tertiary/aromatic N) is 1. The van der Waals surface area contributed by atoms with Crippen molar-refractivity contribution in [2.75, 3.05) is 0 Å². The highest BCUT2D eigenvalue weighted by Crippen LogP contribution is 2.24. The maximum Gasteiger partial charge on any atom is 0.123 e. The van der Waals surface area contributed by atoms with Crippen molar-refractivity contribution < 1.29 is 4.39 Å². The van der Waals surface area contributed by atoms with Gasteiger partial charge in [-0.15, -0.1) is 0 Å². The highest BCUT2D eigenvalue weighted by molar-refractivity contribution is 6.30. The fourth-order valence-electron chi connectivity index (χ4n) is 1.68. The molecule has 0 aliphatic carbocycles. The van der Waals surface area contributed by atoms with Gasteiger partial charge in [-0.1, -0.05) is 11.6 Å². The van der Waals surface area contributed by atoms with Crippen LogP contribution in [0.4, 0.5) is 4.39 Å². The summed E-state index contributed by atoms with van der Waals surface area (Å²) in [7, 11) is 0. The minimum absolute atomic E-state index is 0.0168. The first-order valence-corrected chi connectivity index (χ1v) is 5.15. The van der Waals surface area contributed by atoms with Crippen LogP contribution in [0.15, 0.2) is 24.3 Å². The molecular weight excluding hydrogens is 215 g/mol. The van der Waals surface area contributed by atoms with Crippen molar-refractivity contribution >= 4 is 22.5 Å². The Bertz CT molecular complexity index is 491. The smallest absolute Gasteiger partial charge is 0.123 e. The van der Waals surface area contributed by atoms with Crippen LogP contribution in [0.25, 0.3) is 10.9 Å². The summed E-state index contributed by atoms with van der Waals surface area (Å²) in [6.45, 7) is 2.54. The van der Waals surface area contributed by atoms with E-state index in [1.165, 1.54) is 12.1 Å². The normalized spacial score (nSPS) is 13.3. The summed E-state index contributed by atoms with van der Waals surface area (Å²) < 4.78 is 14.9. The number of benzene rings is 1. The van der Waals surface area contributed by atoms with Gasteiger partial charge in [0.25, 0.3) is 0 Å². The third-order valence-electron chi connectivity index (χ3n) is 2.28.